The molecule has 0 radical (unpaired) electrons. The van der Waals surface area contributed by atoms with E-state index in [0.717, 1.165) is 17.9 Å². The first-order valence-corrected chi connectivity index (χ1v) is 6.17. The summed E-state index contributed by atoms with van der Waals surface area (Å²) in [6.45, 7) is 4.90. The second-order valence-corrected chi connectivity index (χ2v) is 4.63. The van der Waals surface area contributed by atoms with Gasteiger partial charge in [-0.3, -0.25) is 5.43 Å². The van der Waals surface area contributed by atoms with Crippen molar-refractivity contribution in [2.75, 3.05) is 17.4 Å². The predicted molar refractivity (Wildman–Crippen MR) is 77.9 cm³/mol. The molecule has 3 N–H and O–H groups in total. The molecule has 0 aliphatic rings. The van der Waals surface area contributed by atoms with Crippen molar-refractivity contribution in [1.29, 1.82) is 0 Å². The van der Waals surface area contributed by atoms with Gasteiger partial charge in [-0.2, -0.15) is 4.98 Å². The van der Waals surface area contributed by atoms with E-state index < -0.39 is 0 Å². The average Bonchev–Trinajstić information content (AvgIpc) is 2.42. The van der Waals surface area contributed by atoms with Crippen LogP contribution in [-0.4, -0.2) is 17.0 Å². The van der Waals surface area contributed by atoms with Gasteiger partial charge in [-0.15, -0.1) is 0 Å². The van der Waals surface area contributed by atoms with Crippen LogP contribution in [0.25, 0.3) is 0 Å². The number of aromatic nitrogens is 2. The zero-order valence-corrected chi connectivity index (χ0v) is 11.5. The summed E-state index contributed by atoms with van der Waals surface area (Å²) in [4.78, 5) is 10.6. The second-order valence-electron chi connectivity index (χ2n) is 4.63. The lowest BCUT2D eigenvalue weighted by molar-refractivity contribution is 0.876. The van der Waals surface area contributed by atoms with E-state index in [1.165, 1.54) is 11.1 Å². The summed E-state index contributed by atoms with van der Waals surface area (Å²) in [5.41, 5.74) is 6.06. The van der Waals surface area contributed by atoms with E-state index in [1.54, 1.807) is 6.20 Å². The molecule has 1 heterocycles. The highest BCUT2D eigenvalue weighted by Crippen LogP contribution is 2.19. The Morgan fingerprint density at radius 1 is 1.21 bits per heavy atom. The van der Waals surface area contributed by atoms with Gasteiger partial charge in [0.25, 0.3) is 0 Å². The first kappa shape index (κ1) is 13.3. The Hall–Kier alpha value is -2.14. The number of nitrogens with two attached hydrogens (primary N) is 1. The van der Waals surface area contributed by atoms with Gasteiger partial charge in [-0.05, 0) is 25.0 Å². The Labute approximate surface area is 113 Å². The standard InChI is InChI=1S/C14H19N5/c1-10-6-4-5-7-12(10)9-19(3)13-11(2)8-16-14(17-13)18-15/h4-8H,9,15H2,1-3H3,(H,16,17,18). The Kier molecular flexibility index (Phi) is 3.97. The third-order valence-electron chi connectivity index (χ3n) is 3.10. The van der Waals surface area contributed by atoms with E-state index in [2.05, 4.69) is 45.4 Å². The van der Waals surface area contributed by atoms with E-state index in [-0.39, 0.29) is 0 Å². The van der Waals surface area contributed by atoms with Crippen LogP contribution in [0.5, 0.6) is 0 Å². The molecule has 1 aromatic carbocycles. The number of aryl methyl sites for hydroxylation is 2. The molecule has 0 amide bonds. The second kappa shape index (κ2) is 5.67. The van der Waals surface area contributed by atoms with Crippen LogP contribution in [0.3, 0.4) is 0 Å². The number of hydrogen-bond donors (Lipinski definition) is 2. The van der Waals surface area contributed by atoms with Crippen LogP contribution in [0.15, 0.2) is 30.5 Å². The maximum absolute atomic E-state index is 5.35. The molecule has 0 fully saturated rings. The van der Waals surface area contributed by atoms with Crippen molar-refractivity contribution < 1.29 is 0 Å². The Morgan fingerprint density at radius 3 is 2.63 bits per heavy atom. The van der Waals surface area contributed by atoms with E-state index in [9.17, 15) is 0 Å². The van der Waals surface area contributed by atoms with Gasteiger partial charge in [0, 0.05) is 25.4 Å². The van der Waals surface area contributed by atoms with Gasteiger partial charge in [-0.25, -0.2) is 10.8 Å². The van der Waals surface area contributed by atoms with E-state index >= 15 is 0 Å². The highest BCUT2D eigenvalue weighted by Gasteiger charge is 2.10. The number of hydrazine groups is 1. The van der Waals surface area contributed by atoms with E-state index in [4.69, 9.17) is 5.84 Å². The number of rotatable bonds is 4. The number of nitrogens with zero attached hydrogens (tertiary/aromatic N) is 3. The SMILES string of the molecule is Cc1ccccc1CN(C)c1nc(NN)ncc1C. The molecule has 0 saturated carbocycles. The quantitative estimate of drug-likeness (QED) is 0.648. The van der Waals surface area contributed by atoms with Gasteiger partial charge < -0.3 is 4.90 Å². The average molecular weight is 257 g/mol. The highest BCUT2D eigenvalue weighted by molar-refractivity contribution is 5.48. The normalized spacial score (nSPS) is 10.3. The number of anilines is 2. The Balaban J connectivity index is 2.25. The fourth-order valence-corrected chi connectivity index (χ4v) is 2.01. The van der Waals surface area contributed by atoms with Gasteiger partial charge in [0.15, 0.2) is 0 Å². The van der Waals surface area contributed by atoms with Crippen LogP contribution in [0, 0.1) is 13.8 Å². The van der Waals surface area contributed by atoms with Crippen LogP contribution in [0.1, 0.15) is 16.7 Å². The number of hydrogen-bond acceptors (Lipinski definition) is 5. The Morgan fingerprint density at radius 2 is 1.95 bits per heavy atom. The monoisotopic (exact) mass is 257 g/mol. The summed E-state index contributed by atoms with van der Waals surface area (Å²) in [7, 11) is 2.02. The molecule has 5 heteroatoms. The minimum absolute atomic E-state index is 0.428. The lowest BCUT2D eigenvalue weighted by Gasteiger charge is -2.21. The molecule has 0 bridgehead atoms. The summed E-state index contributed by atoms with van der Waals surface area (Å²) < 4.78 is 0. The molecule has 2 aromatic rings. The van der Waals surface area contributed by atoms with Crippen LogP contribution in [0.4, 0.5) is 11.8 Å². The predicted octanol–water partition coefficient (Wildman–Crippen LogP) is 2.02. The van der Waals surface area contributed by atoms with Crippen molar-refractivity contribution >= 4 is 11.8 Å². The van der Waals surface area contributed by atoms with E-state index in [1.807, 2.05) is 20.0 Å². The van der Waals surface area contributed by atoms with Crippen LogP contribution in [-0.2, 0) is 6.54 Å². The minimum atomic E-state index is 0.428. The van der Waals surface area contributed by atoms with Crippen LogP contribution < -0.4 is 16.2 Å². The smallest absolute Gasteiger partial charge is 0.239 e. The molecular weight excluding hydrogens is 238 g/mol. The number of benzene rings is 1. The van der Waals surface area contributed by atoms with Crippen molar-refractivity contribution in [2.24, 2.45) is 5.84 Å². The largest absolute Gasteiger partial charge is 0.355 e. The van der Waals surface area contributed by atoms with Crippen molar-refractivity contribution in [3.63, 3.8) is 0 Å². The molecule has 5 nitrogen and oxygen atoms in total. The van der Waals surface area contributed by atoms with Gasteiger partial charge in [-0.1, -0.05) is 24.3 Å². The molecular formula is C14H19N5. The van der Waals surface area contributed by atoms with Crippen molar-refractivity contribution in [1.82, 2.24) is 9.97 Å². The Bertz CT molecular complexity index is 568. The third-order valence-corrected chi connectivity index (χ3v) is 3.10. The number of nitrogen functional groups attached to an aromatic ring is 1. The zero-order chi connectivity index (χ0) is 13.8. The summed E-state index contributed by atoms with van der Waals surface area (Å²) in [5, 5.41) is 0. The molecule has 0 aliphatic heterocycles. The molecule has 1 aromatic heterocycles. The third kappa shape index (κ3) is 3.00. The fourth-order valence-electron chi connectivity index (χ4n) is 2.01. The topological polar surface area (TPSA) is 67.1 Å². The molecule has 100 valence electrons. The van der Waals surface area contributed by atoms with Gasteiger partial charge >= 0.3 is 0 Å². The highest BCUT2D eigenvalue weighted by atomic mass is 15.3. The minimum Gasteiger partial charge on any atom is -0.355 e. The summed E-state index contributed by atoms with van der Waals surface area (Å²) in [6, 6.07) is 8.34. The molecule has 19 heavy (non-hydrogen) atoms. The van der Waals surface area contributed by atoms with Crippen molar-refractivity contribution in [3.8, 4) is 0 Å². The summed E-state index contributed by atoms with van der Waals surface area (Å²) in [5.74, 6) is 6.66. The summed E-state index contributed by atoms with van der Waals surface area (Å²) >= 11 is 0. The van der Waals surface area contributed by atoms with Gasteiger partial charge in [0.2, 0.25) is 5.95 Å². The number of nitrogens with one attached hydrogen (secondary N) is 1. The molecule has 0 atom stereocenters. The fraction of sp³-hybridized carbons (Fsp3) is 0.286. The molecule has 0 unspecified atom stereocenters. The maximum atomic E-state index is 5.35. The lowest BCUT2D eigenvalue weighted by atomic mass is 10.1. The lowest BCUT2D eigenvalue weighted by Crippen LogP contribution is -2.21. The van der Waals surface area contributed by atoms with E-state index in [0.29, 0.717) is 5.95 Å². The van der Waals surface area contributed by atoms with Crippen LogP contribution in [0.2, 0.25) is 0 Å². The first-order chi connectivity index (χ1) is 9.11. The van der Waals surface area contributed by atoms with Crippen molar-refractivity contribution in [3.05, 3.63) is 47.2 Å². The molecule has 0 spiro atoms. The first-order valence-electron chi connectivity index (χ1n) is 6.17. The van der Waals surface area contributed by atoms with Crippen molar-refractivity contribution in [2.45, 2.75) is 20.4 Å². The molecule has 0 aliphatic carbocycles. The molecule has 0 saturated heterocycles. The summed E-state index contributed by atoms with van der Waals surface area (Å²) in [6.07, 6.45) is 1.77. The zero-order valence-electron chi connectivity index (χ0n) is 11.5. The molecule has 2 rings (SSSR count). The van der Waals surface area contributed by atoms with Crippen LogP contribution >= 0.6 is 0 Å². The maximum Gasteiger partial charge on any atom is 0.239 e. The van der Waals surface area contributed by atoms with Gasteiger partial charge in [0.1, 0.15) is 5.82 Å². The van der Waals surface area contributed by atoms with Gasteiger partial charge in [0.05, 0.1) is 0 Å².